The van der Waals surface area contributed by atoms with Crippen molar-refractivity contribution in [1.29, 1.82) is 0 Å². The van der Waals surface area contributed by atoms with E-state index in [9.17, 15) is 15.0 Å². The molecule has 1 saturated heterocycles. The Hall–Kier alpha value is -2.21. The second-order valence-corrected chi connectivity index (χ2v) is 6.55. The van der Waals surface area contributed by atoms with E-state index in [1.54, 1.807) is 0 Å². The van der Waals surface area contributed by atoms with E-state index in [0.29, 0.717) is 19.6 Å². The van der Waals surface area contributed by atoms with Gasteiger partial charge in [0.2, 0.25) is 5.91 Å². The molecule has 25 heavy (non-hydrogen) atoms. The standard InChI is InChI=1S/C20H24N2O3/c1-14(23)21-11-18-20(25)19(24)13-22(18)12-15-7-9-17(10-8-15)16-5-3-2-4-6-16/h2-10,18-20,24-25H,11-13H2,1H3,(H,21,23). The van der Waals surface area contributed by atoms with E-state index in [1.165, 1.54) is 12.5 Å². The summed E-state index contributed by atoms with van der Waals surface area (Å²) in [5, 5.41) is 22.9. The van der Waals surface area contributed by atoms with Crippen LogP contribution in [0.25, 0.3) is 11.1 Å². The highest BCUT2D eigenvalue weighted by atomic mass is 16.3. The third-order valence-corrected chi connectivity index (χ3v) is 4.69. The van der Waals surface area contributed by atoms with Crippen LogP contribution in [0.4, 0.5) is 0 Å². The molecule has 0 radical (unpaired) electrons. The monoisotopic (exact) mass is 340 g/mol. The Balaban J connectivity index is 1.69. The molecule has 3 N–H and O–H groups in total. The molecule has 1 heterocycles. The van der Waals surface area contributed by atoms with E-state index < -0.39 is 12.2 Å². The Labute approximate surface area is 147 Å². The molecule has 0 aliphatic carbocycles. The second kappa shape index (κ2) is 7.78. The average Bonchev–Trinajstić information content (AvgIpc) is 2.88. The fourth-order valence-corrected chi connectivity index (χ4v) is 3.30. The number of aliphatic hydroxyl groups excluding tert-OH is 2. The first-order valence-corrected chi connectivity index (χ1v) is 8.53. The van der Waals surface area contributed by atoms with Crippen LogP contribution >= 0.6 is 0 Å². The van der Waals surface area contributed by atoms with Gasteiger partial charge in [0.05, 0.1) is 18.2 Å². The number of rotatable bonds is 5. The highest BCUT2D eigenvalue weighted by Gasteiger charge is 2.39. The number of amides is 1. The zero-order chi connectivity index (χ0) is 17.8. The van der Waals surface area contributed by atoms with Crippen molar-refractivity contribution in [3.05, 3.63) is 60.2 Å². The summed E-state index contributed by atoms with van der Waals surface area (Å²) in [6.45, 7) is 2.79. The lowest BCUT2D eigenvalue weighted by molar-refractivity contribution is -0.119. The van der Waals surface area contributed by atoms with Gasteiger partial charge in [-0.05, 0) is 16.7 Å². The van der Waals surface area contributed by atoms with Crippen molar-refractivity contribution < 1.29 is 15.0 Å². The minimum atomic E-state index is -0.851. The van der Waals surface area contributed by atoms with E-state index in [-0.39, 0.29) is 11.9 Å². The smallest absolute Gasteiger partial charge is 0.216 e. The van der Waals surface area contributed by atoms with Crippen LogP contribution in [0, 0.1) is 0 Å². The van der Waals surface area contributed by atoms with E-state index in [0.717, 1.165) is 11.1 Å². The Morgan fingerprint density at radius 3 is 2.36 bits per heavy atom. The number of carbonyl (C=O) groups excluding carboxylic acids is 1. The first-order valence-electron chi connectivity index (χ1n) is 8.53. The average molecular weight is 340 g/mol. The topological polar surface area (TPSA) is 72.8 Å². The first kappa shape index (κ1) is 17.6. The molecule has 132 valence electrons. The number of benzene rings is 2. The summed E-state index contributed by atoms with van der Waals surface area (Å²) in [5.74, 6) is -0.138. The zero-order valence-corrected chi connectivity index (χ0v) is 14.3. The van der Waals surface area contributed by atoms with Gasteiger partial charge in [-0.3, -0.25) is 9.69 Å². The third kappa shape index (κ3) is 4.25. The number of β-amino-alcohol motifs (C(OH)–C–C–N with tert-alkyl or cyclic N) is 1. The van der Waals surface area contributed by atoms with Crippen LogP contribution in [0.3, 0.4) is 0 Å². The number of carbonyl (C=O) groups is 1. The summed E-state index contributed by atoms with van der Waals surface area (Å²) in [4.78, 5) is 13.2. The SMILES string of the molecule is CC(=O)NCC1C(O)C(O)CN1Cc1ccc(-c2ccccc2)cc1. The van der Waals surface area contributed by atoms with Crippen molar-refractivity contribution >= 4 is 5.91 Å². The predicted octanol–water partition coefficient (Wildman–Crippen LogP) is 1.40. The summed E-state index contributed by atoms with van der Waals surface area (Å²) < 4.78 is 0. The van der Waals surface area contributed by atoms with Gasteiger partial charge in [0.25, 0.3) is 0 Å². The van der Waals surface area contributed by atoms with Gasteiger partial charge >= 0.3 is 0 Å². The van der Waals surface area contributed by atoms with Crippen LogP contribution in [0.1, 0.15) is 12.5 Å². The molecule has 5 heteroatoms. The van der Waals surface area contributed by atoms with Crippen molar-refractivity contribution in [2.45, 2.75) is 31.7 Å². The lowest BCUT2D eigenvalue weighted by atomic mass is 10.0. The van der Waals surface area contributed by atoms with E-state index >= 15 is 0 Å². The summed E-state index contributed by atoms with van der Waals surface area (Å²) in [7, 11) is 0. The molecule has 1 amide bonds. The molecule has 0 spiro atoms. The maximum Gasteiger partial charge on any atom is 0.216 e. The second-order valence-electron chi connectivity index (χ2n) is 6.55. The summed E-state index contributed by atoms with van der Waals surface area (Å²) in [6.07, 6.45) is -1.64. The molecule has 5 nitrogen and oxygen atoms in total. The van der Waals surface area contributed by atoms with Crippen LogP contribution in [-0.4, -0.2) is 52.4 Å². The number of hydrogen-bond acceptors (Lipinski definition) is 4. The van der Waals surface area contributed by atoms with Gasteiger partial charge in [0, 0.05) is 26.6 Å². The Morgan fingerprint density at radius 2 is 1.72 bits per heavy atom. The van der Waals surface area contributed by atoms with Gasteiger partial charge in [0.15, 0.2) is 0 Å². The fraction of sp³-hybridized carbons (Fsp3) is 0.350. The van der Waals surface area contributed by atoms with Gasteiger partial charge in [0.1, 0.15) is 0 Å². The van der Waals surface area contributed by atoms with Gasteiger partial charge in [-0.2, -0.15) is 0 Å². The van der Waals surface area contributed by atoms with E-state index in [2.05, 4.69) is 41.7 Å². The Kier molecular flexibility index (Phi) is 5.48. The number of nitrogens with zero attached hydrogens (tertiary/aromatic N) is 1. The zero-order valence-electron chi connectivity index (χ0n) is 14.3. The molecule has 0 saturated carbocycles. The first-order chi connectivity index (χ1) is 12.0. The maximum absolute atomic E-state index is 11.2. The van der Waals surface area contributed by atoms with Crippen LogP contribution in [0.15, 0.2) is 54.6 Å². The fourth-order valence-electron chi connectivity index (χ4n) is 3.30. The van der Waals surface area contributed by atoms with Crippen molar-refractivity contribution in [3.8, 4) is 11.1 Å². The Morgan fingerprint density at radius 1 is 1.08 bits per heavy atom. The number of aliphatic hydroxyl groups is 2. The minimum absolute atomic E-state index is 0.138. The molecule has 0 bridgehead atoms. The molecule has 3 unspecified atom stereocenters. The highest BCUT2D eigenvalue weighted by molar-refractivity contribution is 5.72. The lowest BCUT2D eigenvalue weighted by Gasteiger charge is -2.26. The number of hydrogen-bond donors (Lipinski definition) is 3. The van der Waals surface area contributed by atoms with Crippen LogP contribution in [-0.2, 0) is 11.3 Å². The van der Waals surface area contributed by atoms with Gasteiger partial charge in [-0.25, -0.2) is 0 Å². The van der Waals surface area contributed by atoms with E-state index in [4.69, 9.17) is 0 Å². The van der Waals surface area contributed by atoms with Crippen molar-refractivity contribution in [3.63, 3.8) is 0 Å². The van der Waals surface area contributed by atoms with Crippen molar-refractivity contribution in [2.24, 2.45) is 0 Å². The number of likely N-dealkylation sites (tertiary alicyclic amines) is 1. The summed E-state index contributed by atoms with van der Waals surface area (Å²) in [5.41, 5.74) is 3.43. The van der Waals surface area contributed by atoms with Crippen LogP contribution in [0.5, 0.6) is 0 Å². The van der Waals surface area contributed by atoms with E-state index in [1.807, 2.05) is 23.1 Å². The van der Waals surface area contributed by atoms with Gasteiger partial charge in [-0.15, -0.1) is 0 Å². The molecular weight excluding hydrogens is 316 g/mol. The molecule has 0 aromatic heterocycles. The van der Waals surface area contributed by atoms with Crippen LogP contribution in [0.2, 0.25) is 0 Å². The lowest BCUT2D eigenvalue weighted by Crippen LogP contribution is -2.44. The normalized spacial score (nSPS) is 23.6. The minimum Gasteiger partial charge on any atom is -0.389 e. The number of nitrogens with one attached hydrogen (secondary N) is 1. The predicted molar refractivity (Wildman–Crippen MR) is 96.8 cm³/mol. The molecule has 2 aromatic carbocycles. The maximum atomic E-state index is 11.2. The summed E-state index contributed by atoms with van der Waals surface area (Å²) in [6, 6.07) is 18.2. The molecule has 3 atom stereocenters. The summed E-state index contributed by atoms with van der Waals surface area (Å²) >= 11 is 0. The Bertz CT molecular complexity index is 703. The van der Waals surface area contributed by atoms with Gasteiger partial charge < -0.3 is 15.5 Å². The quantitative estimate of drug-likeness (QED) is 0.769. The van der Waals surface area contributed by atoms with Crippen LogP contribution < -0.4 is 5.32 Å². The van der Waals surface area contributed by atoms with Crippen molar-refractivity contribution in [2.75, 3.05) is 13.1 Å². The molecule has 1 aliphatic heterocycles. The molecule has 1 fully saturated rings. The van der Waals surface area contributed by atoms with Crippen molar-refractivity contribution in [1.82, 2.24) is 10.2 Å². The van der Waals surface area contributed by atoms with Gasteiger partial charge in [-0.1, -0.05) is 54.6 Å². The molecule has 1 aliphatic rings. The molecule has 3 rings (SSSR count). The molecular formula is C20H24N2O3. The third-order valence-electron chi connectivity index (χ3n) is 4.69. The molecule has 2 aromatic rings. The largest absolute Gasteiger partial charge is 0.389 e. The highest BCUT2D eigenvalue weighted by Crippen LogP contribution is 2.23.